The van der Waals surface area contributed by atoms with E-state index in [1.807, 2.05) is 0 Å². The molecule has 0 heterocycles. The van der Waals surface area contributed by atoms with Crippen molar-refractivity contribution in [1.82, 2.24) is 0 Å². The van der Waals surface area contributed by atoms with Crippen LogP contribution in [-0.2, 0) is 10.0 Å². The van der Waals surface area contributed by atoms with Gasteiger partial charge < -0.3 is 0 Å². The largest absolute Gasteiger partial charge is 0.280 e. The van der Waals surface area contributed by atoms with Gasteiger partial charge in [-0.15, -0.1) is 0 Å². The molecule has 0 spiro atoms. The monoisotopic (exact) mass is 333 g/mol. The van der Waals surface area contributed by atoms with Crippen LogP contribution in [0.2, 0.25) is 10.0 Å². The Hall–Kier alpha value is -1.30. The predicted octanol–water partition coefficient (Wildman–Crippen LogP) is 4.24. The number of halogens is 3. The van der Waals surface area contributed by atoms with Crippen LogP contribution < -0.4 is 4.72 Å². The van der Waals surface area contributed by atoms with E-state index in [9.17, 15) is 12.8 Å². The van der Waals surface area contributed by atoms with E-state index < -0.39 is 15.8 Å². The van der Waals surface area contributed by atoms with Gasteiger partial charge in [0.15, 0.2) is 0 Å². The van der Waals surface area contributed by atoms with Gasteiger partial charge in [-0.25, -0.2) is 12.8 Å². The summed E-state index contributed by atoms with van der Waals surface area (Å²) in [5.41, 5.74) is 1.13. The third kappa shape index (κ3) is 3.23. The number of rotatable bonds is 3. The highest BCUT2D eigenvalue weighted by Gasteiger charge is 2.18. The van der Waals surface area contributed by atoms with Crippen LogP contribution in [0.5, 0.6) is 0 Å². The number of nitrogens with one attached hydrogen (secondary N) is 1. The van der Waals surface area contributed by atoms with Gasteiger partial charge in [0.25, 0.3) is 10.0 Å². The highest BCUT2D eigenvalue weighted by Crippen LogP contribution is 2.26. The molecule has 2 rings (SSSR count). The van der Waals surface area contributed by atoms with Crippen LogP contribution in [0.1, 0.15) is 5.56 Å². The van der Waals surface area contributed by atoms with Crippen LogP contribution in [0.3, 0.4) is 0 Å². The van der Waals surface area contributed by atoms with Crippen LogP contribution in [0.15, 0.2) is 41.3 Å². The summed E-state index contributed by atoms with van der Waals surface area (Å²) >= 11 is 11.7. The van der Waals surface area contributed by atoms with E-state index in [0.717, 1.165) is 23.8 Å². The van der Waals surface area contributed by atoms with Crippen molar-refractivity contribution in [2.45, 2.75) is 11.8 Å². The lowest BCUT2D eigenvalue weighted by Gasteiger charge is -2.10. The Balaban J connectivity index is 2.38. The Morgan fingerprint density at radius 1 is 1.05 bits per heavy atom. The van der Waals surface area contributed by atoms with Gasteiger partial charge in [-0.1, -0.05) is 29.3 Å². The molecule has 0 radical (unpaired) electrons. The van der Waals surface area contributed by atoms with Crippen molar-refractivity contribution in [2.75, 3.05) is 4.72 Å². The number of aryl methyl sites for hydroxylation is 1. The molecule has 0 amide bonds. The first-order valence-electron chi connectivity index (χ1n) is 5.53. The predicted molar refractivity (Wildman–Crippen MR) is 78.4 cm³/mol. The van der Waals surface area contributed by atoms with Gasteiger partial charge in [-0.3, -0.25) is 4.72 Å². The Morgan fingerprint density at radius 3 is 2.35 bits per heavy atom. The van der Waals surface area contributed by atoms with Gasteiger partial charge in [0, 0.05) is 5.02 Å². The fourth-order valence-electron chi connectivity index (χ4n) is 1.56. The van der Waals surface area contributed by atoms with E-state index in [-0.39, 0.29) is 9.92 Å². The van der Waals surface area contributed by atoms with E-state index in [1.165, 1.54) is 6.07 Å². The molecule has 0 aliphatic carbocycles. The molecular weight excluding hydrogens is 324 g/mol. The molecule has 1 N–H and O–H groups in total. The van der Waals surface area contributed by atoms with E-state index in [2.05, 4.69) is 4.72 Å². The molecule has 0 aliphatic rings. The number of benzene rings is 2. The lowest BCUT2D eigenvalue weighted by Crippen LogP contribution is -2.13. The minimum Gasteiger partial charge on any atom is -0.280 e. The number of hydrogen-bond donors (Lipinski definition) is 1. The molecule has 2 aromatic carbocycles. The second kappa shape index (κ2) is 5.60. The normalized spacial score (nSPS) is 11.4. The van der Waals surface area contributed by atoms with Gasteiger partial charge in [-0.2, -0.15) is 0 Å². The number of anilines is 1. The molecular formula is C13H10Cl2FNO2S. The first-order valence-corrected chi connectivity index (χ1v) is 7.77. The van der Waals surface area contributed by atoms with Crippen molar-refractivity contribution >= 4 is 38.9 Å². The molecule has 2 aromatic rings. The Morgan fingerprint density at radius 2 is 1.75 bits per heavy atom. The SMILES string of the molecule is Cc1ccc(NS(=O)(=O)c2ccc(F)cc2Cl)cc1Cl. The van der Waals surface area contributed by atoms with Crippen molar-refractivity contribution < 1.29 is 12.8 Å². The van der Waals surface area contributed by atoms with E-state index in [0.29, 0.717) is 10.7 Å². The molecule has 7 heteroatoms. The van der Waals surface area contributed by atoms with Gasteiger partial charge >= 0.3 is 0 Å². The highest BCUT2D eigenvalue weighted by molar-refractivity contribution is 7.92. The first kappa shape index (κ1) is 15.1. The number of hydrogen-bond acceptors (Lipinski definition) is 2. The average Bonchev–Trinajstić information content (AvgIpc) is 2.33. The molecule has 20 heavy (non-hydrogen) atoms. The second-order valence-electron chi connectivity index (χ2n) is 4.14. The van der Waals surface area contributed by atoms with Crippen LogP contribution in [0, 0.1) is 12.7 Å². The third-order valence-corrected chi connectivity index (χ3v) is 4.88. The topological polar surface area (TPSA) is 46.2 Å². The van der Waals surface area contributed by atoms with Gasteiger partial charge in [0.2, 0.25) is 0 Å². The highest BCUT2D eigenvalue weighted by atomic mass is 35.5. The summed E-state index contributed by atoms with van der Waals surface area (Å²) in [6, 6.07) is 7.84. The summed E-state index contributed by atoms with van der Waals surface area (Å²) in [5.74, 6) is -0.604. The fourth-order valence-corrected chi connectivity index (χ4v) is 3.32. The maximum absolute atomic E-state index is 12.9. The molecule has 0 saturated carbocycles. The van der Waals surface area contributed by atoms with Gasteiger partial charge in [0.05, 0.1) is 10.7 Å². The van der Waals surface area contributed by atoms with Crippen molar-refractivity contribution in [3.8, 4) is 0 Å². The first-order chi connectivity index (χ1) is 9.29. The summed E-state index contributed by atoms with van der Waals surface area (Å²) in [6.45, 7) is 1.80. The third-order valence-electron chi connectivity index (χ3n) is 2.61. The van der Waals surface area contributed by atoms with Crippen molar-refractivity contribution in [1.29, 1.82) is 0 Å². The van der Waals surface area contributed by atoms with Crippen LogP contribution in [0.25, 0.3) is 0 Å². The maximum Gasteiger partial charge on any atom is 0.263 e. The molecule has 0 unspecified atom stereocenters. The van der Waals surface area contributed by atoms with Crippen molar-refractivity contribution in [2.24, 2.45) is 0 Å². The zero-order valence-corrected chi connectivity index (χ0v) is 12.7. The minimum absolute atomic E-state index is 0.185. The lowest BCUT2D eigenvalue weighted by molar-refractivity contribution is 0.600. The summed E-state index contributed by atoms with van der Waals surface area (Å²) in [6.07, 6.45) is 0. The Bertz CT molecular complexity index is 763. The molecule has 0 saturated heterocycles. The van der Waals surface area contributed by atoms with Crippen LogP contribution in [-0.4, -0.2) is 8.42 Å². The smallest absolute Gasteiger partial charge is 0.263 e. The minimum atomic E-state index is -3.90. The fraction of sp³-hybridized carbons (Fsp3) is 0.0769. The van der Waals surface area contributed by atoms with E-state index in [4.69, 9.17) is 23.2 Å². The van der Waals surface area contributed by atoms with E-state index >= 15 is 0 Å². The Kier molecular flexibility index (Phi) is 4.22. The Labute approximate surface area is 126 Å². The molecule has 0 fully saturated rings. The maximum atomic E-state index is 12.9. The zero-order chi connectivity index (χ0) is 14.9. The van der Waals surface area contributed by atoms with Crippen molar-refractivity contribution in [3.63, 3.8) is 0 Å². The van der Waals surface area contributed by atoms with Crippen LogP contribution >= 0.6 is 23.2 Å². The molecule has 0 bridgehead atoms. The zero-order valence-electron chi connectivity index (χ0n) is 10.3. The number of sulfonamides is 1. The molecule has 106 valence electrons. The second-order valence-corrected chi connectivity index (χ2v) is 6.61. The van der Waals surface area contributed by atoms with E-state index in [1.54, 1.807) is 19.1 Å². The summed E-state index contributed by atoms with van der Waals surface area (Å²) < 4.78 is 39.6. The van der Waals surface area contributed by atoms with Crippen molar-refractivity contribution in [3.05, 3.63) is 57.8 Å². The summed E-state index contributed by atoms with van der Waals surface area (Å²) in [7, 11) is -3.90. The average molecular weight is 334 g/mol. The van der Waals surface area contributed by atoms with Gasteiger partial charge in [0.1, 0.15) is 10.7 Å². The standard InChI is InChI=1S/C13H10Cl2FNO2S/c1-8-2-4-10(7-11(8)14)17-20(18,19)13-5-3-9(16)6-12(13)15/h2-7,17H,1H3. The quantitative estimate of drug-likeness (QED) is 0.912. The van der Waals surface area contributed by atoms with Crippen LogP contribution in [0.4, 0.5) is 10.1 Å². The molecule has 0 atom stereocenters. The summed E-state index contributed by atoms with van der Waals surface area (Å²) in [5, 5.41) is 0.256. The molecule has 0 aliphatic heterocycles. The van der Waals surface area contributed by atoms with Gasteiger partial charge in [-0.05, 0) is 42.8 Å². The summed E-state index contributed by atoms with van der Waals surface area (Å²) in [4.78, 5) is -0.197. The lowest BCUT2D eigenvalue weighted by atomic mass is 10.2. The molecule has 3 nitrogen and oxygen atoms in total. The molecule has 0 aromatic heterocycles.